The molecule has 0 bridgehead atoms. The van der Waals surface area contributed by atoms with Gasteiger partial charge in [-0.3, -0.25) is 4.79 Å². The van der Waals surface area contributed by atoms with Crippen LogP contribution in [0.5, 0.6) is 0 Å². The Kier molecular flexibility index (Phi) is 5.21. The lowest BCUT2D eigenvalue weighted by Crippen LogP contribution is -2.37. The molecule has 1 fully saturated rings. The SMILES string of the molecule is CCOCCNC(=O)C1CCC(C(=O)O)O1. The molecule has 0 radical (unpaired) electrons. The van der Waals surface area contributed by atoms with Gasteiger partial charge in [0.2, 0.25) is 5.91 Å². The van der Waals surface area contributed by atoms with E-state index in [1.54, 1.807) is 0 Å². The molecule has 0 aromatic heterocycles. The van der Waals surface area contributed by atoms with Crippen molar-refractivity contribution in [3.8, 4) is 0 Å². The van der Waals surface area contributed by atoms with Crippen molar-refractivity contribution in [3.05, 3.63) is 0 Å². The number of nitrogens with one attached hydrogen (secondary N) is 1. The van der Waals surface area contributed by atoms with Gasteiger partial charge in [-0.05, 0) is 19.8 Å². The minimum absolute atomic E-state index is 0.261. The second kappa shape index (κ2) is 6.44. The highest BCUT2D eigenvalue weighted by Gasteiger charge is 2.34. The Morgan fingerprint density at radius 3 is 2.69 bits per heavy atom. The molecule has 16 heavy (non-hydrogen) atoms. The number of hydrogen-bond acceptors (Lipinski definition) is 4. The first-order valence-corrected chi connectivity index (χ1v) is 5.39. The summed E-state index contributed by atoms with van der Waals surface area (Å²) in [6, 6.07) is 0. The third-order valence-electron chi connectivity index (χ3n) is 2.34. The van der Waals surface area contributed by atoms with Crippen molar-refractivity contribution in [1.29, 1.82) is 0 Å². The maximum Gasteiger partial charge on any atom is 0.332 e. The molecule has 92 valence electrons. The highest BCUT2D eigenvalue weighted by Crippen LogP contribution is 2.19. The fraction of sp³-hybridized carbons (Fsp3) is 0.800. The number of carboxylic acids is 1. The van der Waals surface area contributed by atoms with E-state index in [1.165, 1.54) is 0 Å². The molecule has 2 atom stereocenters. The van der Waals surface area contributed by atoms with Gasteiger partial charge in [-0.1, -0.05) is 0 Å². The lowest BCUT2D eigenvalue weighted by molar-refractivity contribution is -0.151. The Morgan fingerprint density at radius 1 is 1.44 bits per heavy atom. The average Bonchev–Trinajstić information content (AvgIpc) is 2.73. The predicted molar refractivity (Wildman–Crippen MR) is 55.0 cm³/mol. The minimum atomic E-state index is -1.01. The summed E-state index contributed by atoms with van der Waals surface area (Å²) >= 11 is 0. The molecule has 0 aromatic rings. The molecule has 1 aliphatic heterocycles. The molecule has 1 amide bonds. The molecular weight excluding hydrogens is 214 g/mol. The Morgan fingerprint density at radius 2 is 2.12 bits per heavy atom. The van der Waals surface area contributed by atoms with E-state index in [0.717, 1.165) is 0 Å². The van der Waals surface area contributed by atoms with E-state index in [1.807, 2.05) is 6.92 Å². The second-order valence-electron chi connectivity index (χ2n) is 3.52. The number of ether oxygens (including phenoxy) is 2. The van der Waals surface area contributed by atoms with Crippen LogP contribution >= 0.6 is 0 Å². The van der Waals surface area contributed by atoms with Gasteiger partial charge in [0, 0.05) is 13.2 Å². The summed E-state index contributed by atoms with van der Waals surface area (Å²) in [5.41, 5.74) is 0. The van der Waals surface area contributed by atoms with Gasteiger partial charge in [-0.25, -0.2) is 4.79 Å². The topological polar surface area (TPSA) is 84.9 Å². The molecule has 0 aliphatic carbocycles. The summed E-state index contributed by atoms with van der Waals surface area (Å²) in [6.45, 7) is 3.36. The van der Waals surface area contributed by atoms with Crippen molar-refractivity contribution in [1.82, 2.24) is 5.32 Å². The van der Waals surface area contributed by atoms with E-state index in [9.17, 15) is 9.59 Å². The van der Waals surface area contributed by atoms with E-state index < -0.39 is 18.2 Å². The third-order valence-corrected chi connectivity index (χ3v) is 2.34. The van der Waals surface area contributed by atoms with Gasteiger partial charge in [0.1, 0.15) is 6.10 Å². The summed E-state index contributed by atoms with van der Waals surface area (Å²) in [5, 5.41) is 11.3. The Bertz CT molecular complexity index is 256. The van der Waals surface area contributed by atoms with Gasteiger partial charge < -0.3 is 19.9 Å². The van der Waals surface area contributed by atoms with Crippen LogP contribution in [0.25, 0.3) is 0 Å². The van der Waals surface area contributed by atoms with Crippen molar-refractivity contribution >= 4 is 11.9 Å². The molecule has 2 unspecified atom stereocenters. The highest BCUT2D eigenvalue weighted by atomic mass is 16.5. The number of rotatable bonds is 6. The fourth-order valence-corrected chi connectivity index (χ4v) is 1.52. The first-order valence-electron chi connectivity index (χ1n) is 5.39. The van der Waals surface area contributed by atoms with Gasteiger partial charge in [-0.2, -0.15) is 0 Å². The average molecular weight is 231 g/mol. The maximum absolute atomic E-state index is 11.5. The first-order chi connectivity index (χ1) is 7.65. The molecule has 0 spiro atoms. The molecule has 1 aliphatic rings. The van der Waals surface area contributed by atoms with Crippen LogP contribution in [0.3, 0.4) is 0 Å². The van der Waals surface area contributed by atoms with Crippen LogP contribution in [-0.2, 0) is 19.1 Å². The summed E-state index contributed by atoms with van der Waals surface area (Å²) in [5.74, 6) is -1.27. The zero-order valence-corrected chi connectivity index (χ0v) is 9.27. The Hall–Kier alpha value is -1.14. The van der Waals surface area contributed by atoms with Gasteiger partial charge in [0.25, 0.3) is 0 Å². The van der Waals surface area contributed by atoms with Gasteiger partial charge in [0.05, 0.1) is 6.61 Å². The molecule has 6 nitrogen and oxygen atoms in total. The molecule has 2 N–H and O–H groups in total. The zero-order valence-electron chi connectivity index (χ0n) is 9.27. The quantitative estimate of drug-likeness (QED) is 0.617. The van der Waals surface area contributed by atoms with Crippen LogP contribution in [0, 0.1) is 0 Å². The number of aliphatic carboxylic acids is 1. The lowest BCUT2D eigenvalue weighted by atomic mass is 10.2. The largest absolute Gasteiger partial charge is 0.479 e. The van der Waals surface area contributed by atoms with Crippen LogP contribution in [0.4, 0.5) is 0 Å². The second-order valence-corrected chi connectivity index (χ2v) is 3.52. The van der Waals surface area contributed by atoms with E-state index in [2.05, 4.69) is 5.32 Å². The zero-order chi connectivity index (χ0) is 12.0. The van der Waals surface area contributed by atoms with E-state index in [-0.39, 0.29) is 5.91 Å². The smallest absolute Gasteiger partial charge is 0.332 e. The van der Waals surface area contributed by atoms with Crippen LogP contribution in [0.15, 0.2) is 0 Å². The predicted octanol–water partition coefficient (Wildman–Crippen LogP) is -0.229. The molecule has 1 heterocycles. The van der Waals surface area contributed by atoms with E-state index >= 15 is 0 Å². The van der Waals surface area contributed by atoms with E-state index in [0.29, 0.717) is 32.6 Å². The Labute approximate surface area is 93.9 Å². The normalized spacial score (nSPS) is 24.3. The van der Waals surface area contributed by atoms with Gasteiger partial charge >= 0.3 is 5.97 Å². The molecule has 6 heteroatoms. The number of carbonyl (C=O) groups excluding carboxylic acids is 1. The number of hydrogen-bond donors (Lipinski definition) is 2. The van der Waals surface area contributed by atoms with Crippen LogP contribution in [0.2, 0.25) is 0 Å². The fourth-order valence-electron chi connectivity index (χ4n) is 1.52. The maximum atomic E-state index is 11.5. The molecular formula is C10H17NO5. The standard InChI is InChI=1S/C10H17NO5/c1-2-15-6-5-11-9(12)7-3-4-8(16-7)10(13)14/h7-8H,2-6H2,1H3,(H,11,12)(H,13,14). The van der Waals surface area contributed by atoms with Crippen molar-refractivity contribution in [2.24, 2.45) is 0 Å². The summed E-state index contributed by atoms with van der Waals surface area (Å²) in [7, 11) is 0. The molecule has 1 rings (SSSR count). The third kappa shape index (κ3) is 3.79. The molecule has 0 saturated carbocycles. The van der Waals surface area contributed by atoms with Gasteiger partial charge in [-0.15, -0.1) is 0 Å². The van der Waals surface area contributed by atoms with Crippen LogP contribution in [0.1, 0.15) is 19.8 Å². The number of carboxylic acid groups (broad SMARTS) is 1. The Balaban J connectivity index is 2.20. The number of carbonyl (C=O) groups is 2. The van der Waals surface area contributed by atoms with E-state index in [4.69, 9.17) is 14.6 Å². The lowest BCUT2D eigenvalue weighted by Gasteiger charge is -2.11. The summed E-state index contributed by atoms with van der Waals surface area (Å²) < 4.78 is 10.1. The van der Waals surface area contributed by atoms with Gasteiger partial charge in [0.15, 0.2) is 6.10 Å². The van der Waals surface area contributed by atoms with Crippen LogP contribution < -0.4 is 5.32 Å². The van der Waals surface area contributed by atoms with Crippen molar-refractivity contribution in [3.63, 3.8) is 0 Å². The monoisotopic (exact) mass is 231 g/mol. The van der Waals surface area contributed by atoms with Crippen LogP contribution in [-0.4, -0.2) is 48.9 Å². The molecule has 1 saturated heterocycles. The first kappa shape index (κ1) is 12.9. The summed E-state index contributed by atoms with van der Waals surface area (Å²) in [4.78, 5) is 22.1. The van der Waals surface area contributed by atoms with Crippen molar-refractivity contribution in [2.45, 2.75) is 32.0 Å². The summed E-state index contributed by atoms with van der Waals surface area (Å²) in [6.07, 6.45) is -0.638. The van der Waals surface area contributed by atoms with Crippen molar-refractivity contribution < 1.29 is 24.2 Å². The molecule has 0 aromatic carbocycles. The minimum Gasteiger partial charge on any atom is -0.479 e. The number of amides is 1. The highest BCUT2D eigenvalue weighted by molar-refractivity contribution is 5.82. The van der Waals surface area contributed by atoms with Crippen molar-refractivity contribution in [2.75, 3.05) is 19.8 Å².